The van der Waals surface area contributed by atoms with Crippen LogP contribution in [0, 0.1) is 5.92 Å². The molecule has 2 unspecified atom stereocenters. The van der Waals surface area contributed by atoms with Crippen LogP contribution < -0.4 is 14.8 Å². The zero-order chi connectivity index (χ0) is 14.4. The molecule has 1 aliphatic rings. The molecule has 1 fully saturated rings. The van der Waals surface area contributed by atoms with Gasteiger partial charge in [-0.25, -0.2) is 0 Å². The molecule has 0 aromatic heterocycles. The standard InChI is InChI=1S/C17H27NO2/c1-4-13-7-5-9-15(11-13)20-17-14(12-18-2)8-6-10-16(17)19-3/h6,8,10,13,15,18H,4-5,7,9,11-12H2,1-3H3. The van der Waals surface area contributed by atoms with Gasteiger partial charge in [0.2, 0.25) is 0 Å². The van der Waals surface area contributed by atoms with Crippen molar-refractivity contribution in [3.05, 3.63) is 23.8 Å². The van der Waals surface area contributed by atoms with Crippen molar-refractivity contribution in [2.75, 3.05) is 14.2 Å². The molecule has 1 aromatic rings. The number of nitrogens with one attached hydrogen (secondary N) is 1. The van der Waals surface area contributed by atoms with Crippen LogP contribution in [0.1, 0.15) is 44.6 Å². The summed E-state index contributed by atoms with van der Waals surface area (Å²) in [7, 11) is 3.66. The summed E-state index contributed by atoms with van der Waals surface area (Å²) in [6, 6.07) is 6.11. The van der Waals surface area contributed by atoms with Crippen LogP contribution in [0.3, 0.4) is 0 Å². The summed E-state index contributed by atoms with van der Waals surface area (Å²) < 4.78 is 11.8. The Morgan fingerprint density at radius 3 is 2.85 bits per heavy atom. The predicted molar refractivity (Wildman–Crippen MR) is 82.4 cm³/mol. The summed E-state index contributed by atoms with van der Waals surface area (Å²) in [5.41, 5.74) is 1.17. The molecule has 2 atom stereocenters. The summed E-state index contributed by atoms with van der Waals surface area (Å²) in [5, 5.41) is 3.20. The van der Waals surface area contributed by atoms with E-state index in [9.17, 15) is 0 Å². The van der Waals surface area contributed by atoms with Gasteiger partial charge in [-0.05, 0) is 38.3 Å². The lowest BCUT2D eigenvalue weighted by molar-refractivity contribution is 0.117. The smallest absolute Gasteiger partial charge is 0.166 e. The van der Waals surface area contributed by atoms with Crippen LogP contribution in [0.15, 0.2) is 18.2 Å². The highest BCUT2D eigenvalue weighted by molar-refractivity contribution is 5.46. The van der Waals surface area contributed by atoms with E-state index < -0.39 is 0 Å². The van der Waals surface area contributed by atoms with Crippen molar-refractivity contribution in [1.29, 1.82) is 0 Å². The molecule has 0 heterocycles. The number of hydrogen-bond donors (Lipinski definition) is 1. The average molecular weight is 277 g/mol. The normalized spacial score (nSPS) is 22.6. The SMILES string of the molecule is CCC1CCCC(Oc2c(CNC)cccc2OC)C1. The van der Waals surface area contributed by atoms with E-state index >= 15 is 0 Å². The Bertz CT molecular complexity index is 419. The minimum absolute atomic E-state index is 0.334. The third kappa shape index (κ3) is 3.66. The van der Waals surface area contributed by atoms with E-state index in [1.54, 1.807) is 7.11 Å². The Morgan fingerprint density at radius 1 is 1.30 bits per heavy atom. The van der Waals surface area contributed by atoms with Gasteiger partial charge in [-0.3, -0.25) is 0 Å². The molecule has 1 saturated carbocycles. The van der Waals surface area contributed by atoms with Crippen molar-refractivity contribution in [3.8, 4) is 11.5 Å². The summed E-state index contributed by atoms with van der Waals surface area (Å²) in [6.07, 6.45) is 6.56. The number of para-hydroxylation sites is 1. The van der Waals surface area contributed by atoms with Crippen LogP contribution >= 0.6 is 0 Å². The maximum absolute atomic E-state index is 6.33. The number of hydrogen-bond acceptors (Lipinski definition) is 3. The fraction of sp³-hybridized carbons (Fsp3) is 0.647. The zero-order valence-electron chi connectivity index (χ0n) is 12.9. The summed E-state index contributed by atoms with van der Waals surface area (Å²) >= 11 is 0. The van der Waals surface area contributed by atoms with Gasteiger partial charge in [0, 0.05) is 12.1 Å². The summed E-state index contributed by atoms with van der Waals surface area (Å²) in [4.78, 5) is 0. The van der Waals surface area contributed by atoms with E-state index in [2.05, 4.69) is 18.3 Å². The van der Waals surface area contributed by atoms with E-state index in [4.69, 9.17) is 9.47 Å². The van der Waals surface area contributed by atoms with Gasteiger partial charge in [0.25, 0.3) is 0 Å². The molecule has 0 radical (unpaired) electrons. The first kappa shape index (κ1) is 15.2. The number of ether oxygens (including phenoxy) is 2. The van der Waals surface area contributed by atoms with Crippen LogP contribution in [0.25, 0.3) is 0 Å². The predicted octanol–water partition coefficient (Wildman–Crippen LogP) is 3.76. The van der Waals surface area contributed by atoms with E-state index in [0.717, 1.165) is 30.4 Å². The van der Waals surface area contributed by atoms with Crippen LogP contribution in [-0.2, 0) is 6.54 Å². The van der Waals surface area contributed by atoms with Crippen molar-refractivity contribution in [3.63, 3.8) is 0 Å². The topological polar surface area (TPSA) is 30.5 Å². The first-order valence-electron chi connectivity index (χ1n) is 7.75. The highest BCUT2D eigenvalue weighted by Gasteiger charge is 2.24. The molecule has 0 saturated heterocycles. The summed E-state index contributed by atoms with van der Waals surface area (Å²) in [6.45, 7) is 3.08. The lowest BCUT2D eigenvalue weighted by Gasteiger charge is -2.30. The molecular weight excluding hydrogens is 250 g/mol. The number of benzene rings is 1. The van der Waals surface area contributed by atoms with Gasteiger partial charge in [-0.2, -0.15) is 0 Å². The number of methoxy groups -OCH3 is 1. The molecule has 0 aliphatic heterocycles. The van der Waals surface area contributed by atoms with Crippen molar-refractivity contribution >= 4 is 0 Å². The van der Waals surface area contributed by atoms with Crippen molar-refractivity contribution in [2.45, 2.75) is 51.7 Å². The molecule has 1 aliphatic carbocycles. The van der Waals surface area contributed by atoms with Crippen molar-refractivity contribution in [2.24, 2.45) is 5.92 Å². The van der Waals surface area contributed by atoms with Gasteiger partial charge in [-0.1, -0.05) is 31.9 Å². The quantitative estimate of drug-likeness (QED) is 0.858. The lowest BCUT2D eigenvalue weighted by Crippen LogP contribution is -2.26. The molecule has 0 spiro atoms. The van der Waals surface area contributed by atoms with Crippen molar-refractivity contribution in [1.82, 2.24) is 5.32 Å². The molecule has 2 rings (SSSR count). The highest BCUT2D eigenvalue weighted by Crippen LogP contribution is 2.36. The highest BCUT2D eigenvalue weighted by atomic mass is 16.5. The largest absolute Gasteiger partial charge is 0.493 e. The molecule has 1 aromatic carbocycles. The van der Waals surface area contributed by atoms with Crippen molar-refractivity contribution < 1.29 is 9.47 Å². The second-order valence-corrected chi connectivity index (χ2v) is 5.66. The van der Waals surface area contributed by atoms with Crippen LogP contribution in [0.4, 0.5) is 0 Å². The summed E-state index contributed by atoms with van der Waals surface area (Å²) in [5.74, 6) is 2.58. The maximum atomic E-state index is 6.33. The third-order valence-electron chi connectivity index (χ3n) is 4.24. The fourth-order valence-electron chi connectivity index (χ4n) is 3.07. The Morgan fingerprint density at radius 2 is 2.15 bits per heavy atom. The lowest BCUT2D eigenvalue weighted by atomic mass is 9.85. The molecule has 0 bridgehead atoms. The molecule has 0 amide bonds. The second kappa shape index (κ2) is 7.53. The molecule has 3 nitrogen and oxygen atoms in total. The fourth-order valence-corrected chi connectivity index (χ4v) is 3.07. The van der Waals surface area contributed by atoms with Crippen LogP contribution in [0.2, 0.25) is 0 Å². The Kier molecular flexibility index (Phi) is 5.72. The minimum Gasteiger partial charge on any atom is -0.493 e. The monoisotopic (exact) mass is 277 g/mol. The van der Waals surface area contributed by atoms with Gasteiger partial charge in [0.05, 0.1) is 13.2 Å². The third-order valence-corrected chi connectivity index (χ3v) is 4.24. The van der Waals surface area contributed by atoms with Crippen LogP contribution in [0.5, 0.6) is 11.5 Å². The minimum atomic E-state index is 0.334. The first-order valence-corrected chi connectivity index (χ1v) is 7.75. The second-order valence-electron chi connectivity index (χ2n) is 5.66. The average Bonchev–Trinajstić information content (AvgIpc) is 2.49. The Labute approximate surface area is 122 Å². The Balaban J connectivity index is 2.14. The molecule has 3 heteroatoms. The molecule has 20 heavy (non-hydrogen) atoms. The van der Waals surface area contributed by atoms with Gasteiger partial charge >= 0.3 is 0 Å². The number of rotatable bonds is 6. The first-order chi connectivity index (χ1) is 9.78. The van der Waals surface area contributed by atoms with Gasteiger partial charge in [-0.15, -0.1) is 0 Å². The van der Waals surface area contributed by atoms with Crippen LogP contribution in [-0.4, -0.2) is 20.3 Å². The van der Waals surface area contributed by atoms with E-state index in [1.807, 2.05) is 19.2 Å². The molecule has 112 valence electrons. The zero-order valence-corrected chi connectivity index (χ0v) is 12.9. The maximum Gasteiger partial charge on any atom is 0.166 e. The molecule has 1 N–H and O–H groups in total. The van der Waals surface area contributed by atoms with Gasteiger partial charge in [0.15, 0.2) is 11.5 Å². The molecular formula is C17H27NO2. The Hall–Kier alpha value is -1.22. The van der Waals surface area contributed by atoms with E-state index in [1.165, 1.54) is 31.2 Å². The van der Waals surface area contributed by atoms with E-state index in [0.29, 0.717) is 6.10 Å². The van der Waals surface area contributed by atoms with Gasteiger partial charge < -0.3 is 14.8 Å². The van der Waals surface area contributed by atoms with E-state index in [-0.39, 0.29) is 0 Å². The van der Waals surface area contributed by atoms with Gasteiger partial charge in [0.1, 0.15) is 0 Å².